The largest absolute Gasteiger partial charge is 0.317 e. The molecule has 1 N–H and O–H groups in total. The summed E-state index contributed by atoms with van der Waals surface area (Å²) in [7, 11) is 6.54. The number of hydrogen-bond donors (Lipinski definition) is 1. The van der Waals surface area contributed by atoms with Crippen molar-refractivity contribution in [3.8, 4) is 0 Å². The van der Waals surface area contributed by atoms with E-state index in [-0.39, 0.29) is 0 Å². The van der Waals surface area contributed by atoms with Gasteiger partial charge in [-0.2, -0.15) is 0 Å². The molecular formula is C15H31N3. The maximum atomic E-state index is 3.50. The predicted octanol–water partition coefficient (Wildman–Crippen LogP) is 1.79. The quantitative estimate of drug-likeness (QED) is 0.806. The van der Waals surface area contributed by atoms with Crippen LogP contribution in [-0.2, 0) is 0 Å². The number of rotatable bonds is 5. The van der Waals surface area contributed by atoms with Crippen LogP contribution in [0.4, 0.5) is 0 Å². The normalized spacial score (nSPS) is 34.5. The standard InChI is InChI=1S/C15H31N3/c1-11(2)15(10-17(4)5)18-13-6-7-14(18)9-12(8-13)16-3/h11-16H,6-10H2,1-5H3. The van der Waals surface area contributed by atoms with E-state index in [1.165, 1.54) is 32.2 Å². The van der Waals surface area contributed by atoms with Crippen molar-refractivity contribution in [1.29, 1.82) is 0 Å². The van der Waals surface area contributed by atoms with Gasteiger partial charge < -0.3 is 10.2 Å². The van der Waals surface area contributed by atoms with Crippen molar-refractivity contribution in [2.45, 2.75) is 63.7 Å². The van der Waals surface area contributed by atoms with Crippen LogP contribution in [0.3, 0.4) is 0 Å². The van der Waals surface area contributed by atoms with E-state index in [0.717, 1.165) is 30.1 Å². The summed E-state index contributed by atoms with van der Waals surface area (Å²) in [6, 6.07) is 3.14. The third kappa shape index (κ3) is 2.89. The Morgan fingerprint density at radius 1 is 1.17 bits per heavy atom. The zero-order chi connectivity index (χ0) is 13.3. The van der Waals surface area contributed by atoms with E-state index >= 15 is 0 Å². The van der Waals surface area contributed by atoms with Crippen LogP contribution in [0.15, 0.2) is 0 Å². The minimum absolute atomic E-state index is 0.732. The molecule has 2 rings (SSSR count). The van der Waals surface area contributed by atoms with Crippen molar-refractivity contribution in [3.05, 3.63) is 0 Å². The Hall–Kier alpha value is -0.120. The third-order valence-corrected chi connectivity index (χ3v) is 4.90. The molecule has 2 aliphatic heterocycles. The van der Waals surface area contributed by atoms with E-state index in [1.54, 1.807) is 0 Å². The van der Waals surface area contributed by atoms with Crippen LogP contribution < -0.4 is 5.32 Å². The first-order valence-electron chi connectivity index (χ1n) is 7.62. The molecule has 2 heterocycles. The molecule has 2 aliphatic rings. The van der Waals surface area contributed by atoms with Crippen molar-refractivity contribution in [3.63, 3.8) is 0 Å². The minimum atomic E-state index is 0.732. The van der Waals surface area contributed by atoms with E-state index in [9.17, 15) is 0 Å². The summed E-state index contributed by atoms with van der Waals surface area (Å²) < 4.78 is 0. The van der Waals surface area contributed by atoms with Gasteiger partial charge in [-0.1, -0.05) is 13.8 Å². The van der Waals surface area contributed by atoms with Crippen molar-refractivity contribution < 1.29 is 0 Å². The Bertz CT molecular complexity index is 250. The molecule has 3 atom stereocenters. The highest BCUT2D eigenvalue weighted by atomic mass is 15.3. The zero-order valence-electron chi connectivity index (χ0n) is 12.8. The lowest BCUT2D eigenvalue weighted by molar-refractivity contribution is 0.0361. The summed E-state index contributed by atoms with van der Waals surface area (Å²) in [6.07, 6.45) is 5.53. The Morgan fingerprint density at radius 3 is 2.11 bits per heavy atom. The molecule has 0 aromatic carbocycles. The van der Waals surface area contributed by atoms with Crippen LogP contribution in [-0.4, -0.2) is 61.7 Å². The predicted molar refractivity (Wildman–Crippen MR) is 77.9 cm³/mol. The van der Waals surface area contributed by atoms with Gasteiger partial charge in [0.05, 0.1) is 0 Å². The lowest BCUT2D eigenvalue weighted by Gasteiger charge is -2.46. The lowest BCUT2D eigenvalue weighted by Crippen LogP contribution is -2.56. The number of fused-ring (bicyclic) bond motifs is 2. The molecule has 0 aliphatic carbocycles. The molecule has 106 valence electrons. The number of nitrogens with one attached hydrogen (secondary N) is 1. The second-order valence-corrected chi connectivity index (χ2v) is 6.86. The molecule has 2 saturated heterocycles. The summed E-state index contributed by atoms with van der Waals surface area (Å²) in [5, 5.41) is 3.50. The van der Waals surface area contributed by atoms with Gasteiger partial charge in [0, 0.05) is 30.7 Å². The number of nitrogens with zero attached hydrogens (tertiary/aromatic N) is 2. The first-order chi connectivity index (χ1) is 8.52. The van der Waals surface area contributed by atoms with E-state index in [2.05, 4.69) is 50.1 Å². The molecule has 0 aromatic rings. The van der Waals surface area contributed by atoms with Gasteiger partial charge in [-0.05, 0) is 52.7 Å². The molecule has 0 radical (unpaired) electrons. The van der Waals surface area contributed by atoms with E-state index in [4.69, 9.17) is 0 Å². The van der Waals surface area contributed by atoms with Gasteiger partial charge in [0.1, 0.15) is 0 Å². The van der Waals surface area contributed by atoms with Crippen LogP contribution >= 0.6 is 0 Å². The molecule has 0 aromatic heterocycles. The average molecular weight is 253 g/mol. The maximum absolute atomic E-state index is 3.50. The summed E-state index contributed by atoms with van der Waals surface area (Å²) in [5.74, 6) is 0.752. The number of likely N-dealkylation sites (N-methyl/N-ethyl adjacent to an activating group) is 1. The van der Waals surface area contributed by atoms with Crippen molar-refractivity contribution in [2.75, 3.05) is 27.7 Å². The molecule has 2 bridgehead atoms. The highest BCUT2D eigenvalue weighted by Crippen LogP contribution is 2.38. The van der Waals surface area contributed by atoms with Gasteiger partial charge in [-0.25, -0.2) is 0 Å². The molecule has 0 amide bonds. The van der Waals surface area contributed by atoms with Gasteiger partial charge in [0.15, 0.2) is 0 Å². The smallest absolute Gasteiger partial charge is 0.0251 e. The van der Waals surface area contributed by atoms with E-state index in [1.807, 2.05) is 0 Å². The number of hydrogen-bond acceptors (Lipinski definition) is 3. The average Bonchev–Trinajstić information content (AvgIpc) is 2.56. The highest BCUT2D eigenvalue weighted by Gasteiger charge is 2.44. The molecular weight excluding hydrogens is 222 g/mol. The van der Waals surface area contributed by atoms with Crippen molar-refractivity contribution in [2.24, 2.45) is 5.92 Å². The Morgan fingerprint density at radius 2 is 1.72 bits per heavy atom. The minimum Gasteiger partial charge on any atom is -0.317 e. The van der Waals surface area contributed by atoms with E-state index < -0.39 is 0 Å². The summed E-state index contributed by atoms with van der Waals surface area (Å²) in [6.45, 7) is 5.98. The van der Waals surface area contributed by atoms with Crippen LogP contribution in [0.2, 0.25) is 0 Å². The first kappa shape index (κ1) is 14.3. The molecule has 3 heteroatoms. The van der Waals surface area contributed by atoms with Gasteiger partial charge in [0.2, 0.25) is 0 Å². The Kier molecular flexibility index (Phi) is 4.68. The molecule has 3 nitrogen and oxygen atoms in total. The molecule has 0 saturated carbocycles. The fourth-order valence-corrected chi connectivity index (χ4v) is 4.01. The topological polar surface area (TPSA) is 18.5 Å². The Labute approximate surface area is 113 Å². The van der Waals surface area contributed by atoms with Crippen LogP contribution in [0.5, 0.6) is 0 Å². The zero-order valence-corrected chi connectivity index (χ0v) is 12.8. The number of piperidine rings is 1. The fourth-order valence-electron chi connectivity index (χ4n) is 4.01. The highest BCUT2D eigenvalue weighted by molar-refractivity contribution is 5.00. The van der Waals surface area contributed by atoms with Crippen LogP contribution in [0.1, 0.15) is 39.5 Å². The maximum Gasteiger partial charge on any atom is 0.0251 e. The summed E-state index contributed by atoms with van der Waals surface area (Å²) in [4.78, 5) is 5.23. The second kappa shape index (κ2) is 5.89. The fraction of sp³-hybridized carbons (Fsp3) is 1.00. The molecule has 0 spiro atoms. The summed E-state index contributed by atoms with van der Waals surface area (Å²) >= 11 is 0. The molecule has 18 heavy (non-hydrogen) atoms. The van der Waals surface area contributed by atoms with Gasteiger partial charge in [-0.15, -0.1) is 0 Å². The summed E-state index contributed by atoms with van der Waals surface area (Å²) in [5.41, 5.74) is 0. The van der Waals surface area contributed by atoms with Crippen molar-refractivity contribution >= 4 is 0 Å². The second-order valence-electron chi connectivity index (χ2n) is 6.86. The SMILES string of the molecule is CNC1CC2CCC(C1)N2C(CN(C)C)C(C)C. The molecule has 2 fully saturated rings. The Balaban J connectivity index is 2.07. The monoisotopic (exact) mass is 253 g/mol. The van der Waals surface area contributed by atoms with Crippen LogP contribution in [0.25, 0.3) is 0 Å². The third-order valence-electron chi connectivity index (χ3n) is 4.90. The molecule has 3 unspecified atom stereocenters. The van der Waals surface area contributed by atoms with Gasteiger partial charge in [0.25, 0.3) is 0 Å². The van der Waals surface area contributed by atoms with Crippen molar-refractivity contribution in [1.82, 2.24) is 15.1 Å². The lowest BCUT2D eigenvalue weighted by atomic mass is 9.91. The van der Waals surface area contributed by atoms with Crippen LogP contribution in [0, 0.1) is 5.92 Å². The van der Waals surface area contributed by atoms with Gasteiger partial charge in [-0.3, -0.25) is 4.90 Å². The first-order valence-corrected chi connectivity index (χ1v) is 7.62. The van der Waals surface area contributed by atoms with Gasteiger partial charge >= 0.3 is 0 Å². The van der Waals surface area contributed by atoms with E-state index in [0.29, 0.717) is 0 Å².